The average molecular weight is 1530 g/mol. The second-order valence-electron chi connectivity index (χ2n) is 32.6. The molecule has 0 N–H and O–H groups in total. The SMILES string of the molecule is Cc1cc(C)c(-c2cc(-c3c(C)cccc3C)c(C)c[n+]2C)cc1-c1ccccc1.Cc1cc(C)c(-c2cc(-c3ccccc3)c(C)c[n+]2C)cc1-c1ccccc1.Cc1cc(C)c(-c2cc(-c3ccccc3C)c(C)c[n+]2C)cc1-c1ccccc1.Cc1cc(C)c(-c2cc[n+](C)c(-c3cc(-c4ccccc4)c(C)cc3C)c2)c(C)c1. The van der Waals surface area contributed by atoms with Gasteiger partial charge >= 0.3 is 0 Å². The maximum atomic E-state index is 2.37. The van der Waals surface area contributed by atoms with E-state index in [2.05, 4.69) is 474 Å². The Kier molecular flexibility index (Phi) is 25.3. The minimum absolute atomic E-state index is 1.24. The molecule has 16 rings (SSSR count). The number of hydrogen-bond donors (Lipinski definition) is 0. The van der Waals surface area contributed by atoms with Crippen molar-refractivity contribution in [1.82, 2.24) is 0 Å². The van der Waals surface area contributed by atoms with Crippen LogP contribution in [0.4, 0.5) is 0 Å². The van der Waals surface area contributed by atoms with E-state index in [1.165, 1.54) is 229 Å². The molecule has 0 aliphatic rings. The maximum Gasteiger partial charge on any atom is 0.213 e. The van der Waals surface area contributed by atoms with Gasteiger partial charge in [-0.1, -0.05) is 236 Å². The Balaban J connectivity index is 0.000000136. The normalized spacial score (nSPS) is 10.9. The molecule has 4 heteroatoms. The largest absolute Gasteiger partial charge is 0.213 e. The highest BCUT2D eigenvalue weighted by Gasteiger charge is 2.25. The van der Waals surface area contributed by atoms with E-state index in [4.69, 9.17) is 0 Å². The van der Waals surface area contributed by atoms with E-state index in [9.17, 15) is 0 Å². The van der Waals surface area contributed by atoms with Gasteiger partial charge in [0.25, 0.3) is 0 Å². The molecule has 0 fully saturated rings. The highest BCUT2D eigenvalue weighted by atomic mass is 14.9. The molecular weight excluding hydrogens is 1410 g/mol. The van der Waals surface area contributed by atoms with Crippen LogP contribution < -0.4 is 18.3 Å². The summed E-state index contributed by atoms with van der Waals surface area (Å²) in [5, 5.41) is 0. The first kappa shape index (κ1) is 82.2. The van der Waals surface area contributed by atoms with Crippen LogP contribution in [0.2, 0.25) is 0 Å². The van der Waals surface area contributed by atoms with Crippen LogP contribution in [-0.4, -0.2) is 0 Å². The summed E-state index contributed by atoms with van der Waals surface area (Å²) in [6.07, 6.45) is 8.93. The summed E-state index contributed by atoms with van der Waals surface area (Å²) in [7, 11) is 8.57. The summed E-state index contributed by atoms with van der Waals surface area (Å²) < 4.78 is 8.99. The minimum Gasteiger partial charge on any atom is -0.201 e. The van der Waals surface area contributed by atoms with E-state index < -0.39 is 0 Å². The number of nitrogens with zero attached hydrogens (tertiary/aromatic N) is 4. The van der Waals surface area contributed by atoms with Gasteiger partial charge in [-0.05, 0) is 303 Å². The molecule has 0 unspecified atom stereocenters. The predicted octanol–water partition coefficient (Wildman–Crippen LogP) is 27.3. The van der Waals surface area contributed by atoms with Crippen LogP contribution in [0.5, 0.6) is 0 Å². The zero-order valence-electron chi connectivity index (χ0n) is 72.7. The first-order valence-electron chi connectivity index (χ1n) is 41.2. The van der Waals surface area contributed by atoms with Gasteiger partial charge in [0.05, 0.1) is 0 Å². The van der Waals surface area contributed by atoms with Crippen LogP contribution in [0.25, 0.3) is 134 Å². The molecule has 0 atom stereocenters. The standard InChI is InChI=1S/2C29H30N.C28H28N.C27H26N/c1-19-11-10-12-20(2)29(19)27-17-28(30(6)18-23(27)5)26-16-25(21(3)15-22(26)4)24-13-8-7-9-14-24;1-19-14-22(4)29(23(5)15-19)25-12-13-30(6)28(17-25)27-18-26(20(2)16-21(27)3)24-10-8-7-9-11-24;1-19-11-9-10-14-24(19)26-17-28(29(5)18-22(26)4)27-16-25(20(2)15-21(27)3)23-12-7-6-8-13-23;1-19-15-20(2)26(16-24(19)22-11-7-5-8-12-22)27-17-25(21(3)18-28(27)4)23-13-9-6-10-14-23/h2*7-18H,1-6H3;6-18H,1-5H3;5-18H,1-4H3/q4*+1. The Morgan fingerprint density at radius 1 is 0.154 bits per heavy atom. The van der Waals surface area contributed by atoms with Gasteiger partial charge < -0.3 is 0 Å². The molecule has 4 aromatic heterocycles. The highest BCUT2D eigenvalue weighted by molar-refractivity contribution is 5.84. The van der Waals surface area contributed by atoms with Crippen LogP contribution in [0, 0.1) is 118 Å². The molecule has 0 saturated heterocycles. The fourth-order valence-electron chi connectivity index (χ4n) is 17.6. The fourth-order valence-corrected chi connectivity index (χ4v) is 17.6. The zero-order valence-corrected chi connectivity index (χ0v) is 72.7. The van der Waals surface area contributed by atoms with Crippen molar-refractivity contribution < 1.29 is 18.3 Å². The Morgan fingerprint density at radius 3 is 0.778 bits per heavy atom. The third-order valence-electron chi connectivity index (χ3n) is 23.5. The van der Waals surface area contributed by atoms with E-state index in [-0.39, 0.29) is 0 Å². The lowest BCUT2D eigenvalue weighted by molar-refractivity contribution is -0.660. The highest BCUT2D eigenvalue weighted by Crippen LogP contribution is 2.41. The fraction of sp³-hybridized carbons (Fsp3) is 0.186. The molecule has 16 aromatic rings. The topological polar surface area (TPSA) is 15.5 Å². The number of benzene rings is 12. The van der Waals surface area contributed by atoms with Gasteiger partial charge in [0.1, 0.15) is 28.2 Å². The molecule has 582 valence electrons. The number of aromatic nitrogens is 4. The molecule has 0 amide bonds. The summed E-state index contributed by atoms with van der Waals surface area (Å²) >= 11 is 0. The van der Waals surface area contributed by atoms with Crippen LogP contribution in [0.15, 0.2) is 310 Å². The van der Waals surface area contributed by atoms with Gasteiger partial charge in [-0.2, -0.15) is 0 Å². The average Bonchev–Trinajstić information content (AvgIpc) is 0.775. The smallest absolute Gasteiger partial charge is 0.201 e. The number of pyridine rings is 4. The van der Waals surface area contributed by atoms with E-state index in [1.807, 2.05) is 0 Å². The van der Waals surface area contributed by atoms with E-state index in [0.717, 1.165) is 0 Å². The van der Waals surface area contributed by atoms with E-state index in [1.54, 1.807) is 0 Å². The quantitative estimate of drug-likeness (QED) is 0.108. The first-order chi connectivity index (χ1) is 56.2. The number of hydrogen-bond acceptors (Lipinski definition) is 0. The van der Waals surface area contributed by atoms with E-state index in [0.29, 0.717) is 0 Å². The Labute approximate surface area is 698 Å². The van der Waals surface area contributed by atoms with Crippen LogP contribution in [0.1, 0.15) is 94.6 Å². The van der Waals surface area contributed by atoms with Gasteiger partial charge in [-0.25, -0.2) is 18.3 Å². The van der Waals surface area contributed by atoms with Crippen molar-refractivity contribution in [2.75, 3.05) is 0 Å². The Bertz CT molecular complexity index is 6190. The van der Waals surface area contributed by atoms with Crippen molar-refractivity contribution in [3.63, 3.8) is 0 Å². The molecule has 4 heterocycles. The summed E-state index contributed by atoms with van der Waals surface area (Å²) in [6.45, 7) is 37.5. The summed E-state index contributed by atoms with van der Waals surface area (Å²) in [5.74, 6) is 0. The molecule has 0 spiro atoms. The van der Waals surface area contributed by atoms with Crippen molar-refractivity contribution in [3.8, 4) is 134 Å². The van der Waals surface area contributed by atoms with Gasteiger partial charge in [0, 0.05) is 69.3 Å². The van der Waals surface area contributed by atoms with Crippen molar-refractivity contribution in [2.45, 2.75) is 118 Å². The van der Waals surface area contributed by atoms with E-state index >= 15 is 0 Å². The zero-order chi connectivity index (χ0) is 83.0. The lowest BCUT2D eigenvalue weighted by Gasteiger charge is -2.15. The Morgan fingerprint density at radius 2 is 0.427 bits per heavy atom. The second kappa shape index (κ2) is 36.0. The molecule has 117 heavy (non-hydrogen) atoms. The number of rotatable bonds is 12. The van der Waals surface area contributed by atoms with Gasteiger partial charge in [-0.15, -0.1) is 0 Å². The first-order valence-corrected chi connectivity index (χ1v) is 41.2. The third kappa shape index (κ3) is 18.2. The minimum atomic E-state index is 1.24. The van der Waals surface area contributed by atoms with Crippen LogP contribution in [0.3, 0.4) is 0 Å². The number of aryl methyl sites for hydroxylation is 21. The van der Waals surface area contributed by atoms with Crippen molar-refractivity contribution in [1.29, 1.82) is 0 Å². The molecule has 0 aliphatic heterocycles. The lowest BCUT2D eigenvalue weighted by Crippen LogP contribution is -2.31. The molecule has 0 saturated carbocycles. The molecule has 12 aromatic carbocycles. The summed E-state index contributed by atoms with van der Waals surface area (Å²) in [5.41, 5.74) is 53.0. The van der Waals surface area contributed by atoms with Gasteiger partial charge in [-0.3, -0.25) is 0 Å². The van der Waals surface area contributed by atoms with Gasteiger partial charge in [0.15, 0.2) is 24.8 Å². The lowest BCUT2D eigenvalue weighted by atomic mass is 9.90. The third-order valence-corrected chi connectivity index (χ3v) is 23.5. The molecule has 0 radical (unpaired) electrons. The monoisotopic (exact) mass is 1530 g/mol. The summed E-state index contributed by atoms with van der Waals surface area (Å²) in [6, 6.07) is 103. The maximum absolute atomic E-state index is 2.37. The molecule has 0 aliphatic carbocycles. The summed E-state index contributed by atoms with van der Waals surface area (Å²) in [4.78, 5) is 0. The van der Waals surface area contributed by atoms with Crippen LogP contribution >= 0.6 is 0 Å². The van der Waals surface area contributed by atoms with Crippen molar-refractivity contribution in [3.05, 3.63) is 404 Å². The molecular formula is C113H114N4+4. The van der Waals surface area contributed by atoms with Crippen LogP contribution in [-0.2, 0) is 28.2 Å². The second-order valence-corrected chi connectivity index (χ2v) is 32.6. The predicted molar refractivity (Wildman–Crippen MR) is 496 cm³/mol. The van der Waals surface area contributed by atoms with Gasteiger partial charge in [0.2, 0.25) is 22.8 Å². The molecule has 4 nitrogen and oxygen atoms in total. The Hall–Kier alpha value is -12.8. The van der Waals surface area contributed by atoms with Crippen molar-refractivity contribution >= 4 is 0 Å². The van der Waals surface area contributed by atoms with Crippen molar-refractivity contribution in [2.24, 2.45) is 28.2 Å². The molecule has 0 bridgehead atoms.